The molecule has 5 unspecified atom stereocenters. The fraction of sp³-hybridized carbons (Fsp3) is 0.727. The number of rotatable bonds is 15. The van der Waals surface area contributed by atoms with Crippen LogP contribution in [0.1, 0.15) is 58.8 Å². The van der Waals surface area contributed by atoms with Crippen LogP contribution in [0.3, 0.4) is 0 Å². The van der Waals surface area contributed by atoms with Gasteiger partial charge in [0.25, 0.3) is 0 Å². The molecule has 1 fully saturated rings. The molecule has 204 valence electrons. The fourth-order valence-electron chi connectivity index (χ4n) is 3.89. The Kier molecular flexibility index (Phi) is 12.6. The summed E-state index contributed by atoms with van der Waals surface area (Å²) in [4.78, 5) is 67.0. The summed E-state index contributed by atoms with van der Waals surface area (Å²) in [6.45, 7) is 4.15. The van der Waals surface area contributed by atoms with Gasteiger partial charge in [-0.25, -0.2) is 4.79 Å². The summed E-state index contributed by atoms with van der Waals surface area (Å²) in [6, 6.07) is -4.11. The molecule has 1 heterocycles. The summed E-state index contributed by atoms with van der Waals surface area (Å²) in [5, 5.41) is 14.6. The first kappa shape index (κ1) is 30.6. The first-order valence-electron chi connectivity index (χ1n) is 12.1. The molecule has 36 heavy (non-hydrogen) atoms. The van der Waals surface area contributed by atoms with Crippen LogP contribution in [0.5, 0.6) is 0 Å². The molecule has 4 amide bonds. The lowest BCUT2D eigenvalue weighted by Crippen LogP contribution is -2.58. The number of hydrogen-bond donors (Lipinski definition) is 7. The number of aliphatic imine (C=N–C) groups is 1. The number of hydrogen-bond acceptors (Lipinski definition) is 7. The highest BCUT2D eigenvalue weighted by Crippen LogP contribution is 2.21. The van der Waals surface area contributed by atoms with Crippen molar-refractivity contribution in [3.05, 3.63) is 0 Å². The number of nitrogens with zero attached hydrogens (tertiary/aromatic N) is 2. The van der Waals surface area contributed by atoms with Gasteiger partial charge in [-0.2, -0.15) is 0 Å². The van der Waals surface area contributed by atoms with Crippen molar-refractivity contribution in [2.75, 3.05) is 13.1 Å². The molecule has 1 aliphatic rings. The lowest BCUT2D eigenvalue weighted by molar-refractivity contribution is -0.150. The first-order valence-corrected chi connectivity index (χ1v) is 12.1. The number of aliphatic carboxylic acids is 1. The Balaban J connectivity index is 2.96. The van der Waals surface area contributed by atoms with Crippen LogP contribution in [-0.4, -0.2) is 82.8 Å². The summed E-state index contributed by atoms with van der Waals surface area (Å²) < 4.78 is 0. The SMILES string of the molecule is CCC(C)C(NC(=O)C(CCC(N)=O)NC(=O)C(N)CCCN=C(N)N)C(=O)N1CCCC1C(=O)O. The zero-order valence-corrected chi connectivity index (χ0v) is 20.9. The number of amides is 4. The average Bonchev–Trinajstić information content (AvgIpc) is 3.31. The predicted molar refractivity (Wildman–Crippen MR) is 132 cm³/mol. The highest BCUT2D eigenvalue weighted by molar-refractivity contribution is 5.94. The zero-order valence-electron chi connectivity index (χ0n) is 20.9. The van der Waals surface area contributed by atoms with Crippen molar-refractivity contribution in [1.29, 1.82) is 0 Å². The Morgan fingerprint density at radius 3 is 2.31 bits per heavy atom. The van der Waals surface area contributed by atoms with E-state index in [1.807, 2.05) is 6.92 Å². The summed E-state index contributed by atoms with van der Waals surface area (Å²) in [5.74, 6) is -3.98. The van der Waals surface area contributed by atoms with Gasteiger partial charge in [0.15, 0.2) is 5.96 Å². The highest BCUT2D eigenvalue weighted by Gasteiger charge is 2.40. The molecule has 5 atom stereocenters. The fourth-order valence-corrected chi connectivity index (χ4v) is 3.89. The maximum absolute atomic E-state index is 13.2. The van der Waals surface area contributed by atoms with Crippen LogP contribution in [0.4, 0.5) is 0 Å². The molecule has 11 N–H and O–H groups in total. The predicted octanol–water partition coefficient (Wildman–Crippen LogP) is -2.28. The van der Waals surface area contributed by atoms with E-state index in [2.05, 4.69) is 15.6 Å². The minimum absolute atomic E-state index is 0.0785. The molecule has 0 bridgehead atoms. The lowest BCUT2D eigenvalue weighted by Gasteiger charge is -2.31. The van der Waals surface area contributed by atoms with Crippen LogP contribution >= 0.6 is 0 Å². The molecular weight excluding hydrogens is 472 g/mol. The van der Waals surface area contributed by atoms with Gasteiger partial charge in [-0.3, -0.25) is 24.2 Å². The number of nitrogens with two attached hydrogens (primary N) is 4. The van der Waals surface area contributed by atoms with Crippen molar-refractivity contribution in [2.45, 2.75) is 83.0 Å². The standard InChI is InChI=1S/C22H40N8O6/c1-3-12(2)17(20(34)30-11-5-7-15(30)21(35)36)29-19(33)14(8-9-16(24)31)28-18(32)13(23)6-4-10-27-22(25)26/h12-15,17H,3-11,23H2,1-2H3,(H2,24,31)(H,28,32)(H,29,33)(H,35,36)(H4,25,26,27). The second-order valence-electron chi connectivity index (χ2n) is 9.02. The molecule has 0 spiro atoms. The Morgan fingerprint density at radius 1 is 1.08 bits per heavy atom. The minimum atomic E-state index is -1.18. The molecule has 0 aromatic carbocycles. The number of likely N-dealkylation sites (tertiary alicyclic amines) is 1. The summed E-state index contributed by atoms with van der Waals surface area (Å²) in [6.07, 6.45) is 1.79. The second-order valence-corrected chi connectivity index (χ2v) is 9.02. The van der Waals surface area contributed by atoms with Crippen LogP contribution in [0.2, 0.25) is 0 Å². The number of nitrogens with one attached hydrogen (secondary N) is 2. The topological polar surface area (TPSA) is 249 Å². The van der Waals surface area contributed by atoms with Crippen molar-refractivity contribution in [1.82, 2.24) is 15.5 Å². The van der Waals surface area contributed by atoms with Gasteiger partial charge in [0.1, 0.15) is 18.1 Å². The Labute approximate surface area is 210 Å². The van der Waals surface area contributed by atoms with Crippen molar-refractivity contribution in [3.8, 4) is 0 Å². The molecule has 0 saturated carbocycles. The molecule has 0 aliphatic carbocycles. The van der Waals surface area contributed by atoms with Crippen molar-refractivity contribution in [2.24, 2.45) is 33.8 Å². The van der Waals surface area contributed by atoms with Gasteiger partial charge in [0.2, 0.25) is 23.6 Å². The van der Waals surface area contributed by atoms with Crippen LogP contribution in [0.25, 0.3) is 0 Å². The third-order valence-corrected chi connectivity index (χ3v) is 6.21. The van der Waals surface area contributed by atoms with E-state index in [1.165, 1.54) is 4.90 Å². The quantitative estimate of drug-likeness (QED) is 0.0708. The highest BCUT2D eigenvalue weighted by atomic mass is 16.4. The van der Waals surface area contributed by atoms with Crippen LogP contribution in [0, 0.1) is 5.92 Å². The molecule has 14 heteroatoms. The van der Waals surface area contributed by atoms with E-state index < -0.39 is 53.8 Å². The van der Waals surface area contributed by atoms with Crippen LogP contribution in [-0.2, 0) is 24.0 Å². The molecule has 14 nitrogen and oxygen atoms in total. The molecule has 0 aromatic heterocycles. The van der Waals surface area contributed by atoms with Crippen LogP contribution in [0.15, 0.2) is 4.99 Å². The van der Waals surface area contributed by atoms with Crippen molar-refractivity contribution >= 4 is 35.6 Å². The summed E-state index contributed by atoms with van der Waals surface area (Å²) in [7, 11) is 0. The maximum atomic E-state index is 13.2. The second kappa shape index (κ2) is 14.9. The van der Waals surface area contributed by atoms with Crippen LogP contribution < -0.4 is 33.6 Å². The number of carbonyl (C=O) groups excluding carboxylic acids is 4. The number of carbonyl (C=O) groups is 5. The molecular formula is C22H40N8O6. The van der Waals surface area contributed by atoms with E-state index in [4.69, 9.17) is 22.9 Å². The van der Waals surface area contributed by atoms with Gasteiger partial charge in [-0.15, -0.1) is 0 Å². The van der Waals surface area contributed by atoms with E-state index in [0.29, 0.717) is 25.7 Å². The number of guanidine groups is 1. The molecule has 0 aromatic rings. The van der Waals surface area contributed by atoms with Gasteiger partial charge in [0, 0.05) is 19.5 Å². The third-order valence-electron chi connectivity index (χ3n) is 6.21. The molecule has 0 radical (unpaired) electrons. The average molecular weight is 513 g/mol. The van der Waals surface area contributed by atoms with E-state index >= 15 is 0 Å². The Bertz CT molecular complexity index is 831. The van der Waals surface area contributed by atoms with Gasteiger partial charge in [0.05, 0.1) is 6.04 Å². The molecule has 1 aliphatic heterocycles. The van der Waals surface area contributed by atoms with E-state index in [1.54, 1.807) is 6.92 Å². The first-order chi connectivity index (χ1) is 16.9. The van der Waals surface area contributed by atoms with E-state index in [9.17, 15) is 29.1 Å². The van der Waals surface area contributed by atoms with Gasteiger partial charge >= 0.3 is 5.97 Å². The zero-order chi connectivity index (χ0) is 27.4. The molecule has 1 saturated heterocycles. The minimum Gasteiger partial charge on any atom is -0.480 e. The number of carboxylic acid groups (broad SMARTS) is 1. The van der Waals surface area contributed by atoms with E-state index in [-0.39, 0.29) is 44.2 Å². The maximum Gasteiger partial charge on any atom is 0.326 e. The summed E-state index contributed by atoms with van der Waals surface area (Å²) >= 11 is 0. The van der Waals surface area contributed by atoms with E-state index in [0.717, 1.165) is 0 Å². The summed E-state index contributed by atoms with van der Waals surface area (Å²) in [5.41, 5.74) is 21.7. The number of carboxylic acids is 1. The van der Waals surface area contributed by atoms with Crippen molar-refractivity contribution < 1.29 is 29.1 Å². The van der Waals surface area contributed by atoms with Gasteiger partial charge in [-0.1, -0.05) is 20.3 Å². The Hall–Kier alpha value is -3.42. The van der Waals surface area contributed by atoms with Gasteiger partial charge < -0.3 is 43.6 Å². The number of primary amides is 1. The monoisotopic (exact) mass is 512 g/mol. The van der Waals surface area contributed by atoms with Crippen molar-refractivity contribution in [3.63, 3.8) is 0 Å². The Morgan fingerprint density at radius 2 is 1.75 bits per heavy atom. The molecule has 1 rings (SSSR count). The lowest BCUT2D eigenvalue weighted by atomic mass is 9.96. The third kappa shape index (κ3) is 9.68. The normalized spacial score (nSPS) is 18.4. The largest absolute Gasteiger partial charge is 0.480 e. The van der Waals surface area contributed by atoms with Gasteiger partial charge in [-0.05, 0) is 38.0 Å². The smallest absolute Gasteiger partial charge is 0.326 e.